The molecule has 1 saturated heterocycles. The van der Waals surface area contributed by atoms with Crippen molar-refractivity contribution in [2.45, 2.75) is 350 Å². The van der Waals surface area contributed by atoms with Gasteiger partial charge >= 0.3 is 0 Å². The number of amides is 6. The smallest absolute Gasteiger partial charge is 0.243 e. The van der Waals surface area contributed by atoms with Gasteiger partial charge in [0.15, 0.2) is 0 Å². The second-order valence-corrected chi connectivity index (χ2v) is 25.7. The third kappa shape index (κ3) is 43.4. The first-order valence-electron chi connectivity index (χ1n) is 36.7. The molecule has 492 valence electrons. The van der Waals surface area contributed by atoms with E-state index in [0.29, 0.717) is 39.3 Å². The first-order chi connectivity index (χ1) is 41.1. The van der Waals surface area contributed by atoms with E-state index in [1.807, 2.05) is 14.7 Å². The molecule has 0 N–H and O–H groups in total. The van der Waals surface area contributed by atoms with Gasteiger partial charge in [0.25, 0.3) is 0 Å². The molecule has 1 aliphatic heterocycles. The number of carbonyl (C=O) groups excluding carboxylic acids is 6. The van der Waals surface area contributed by atoms with Crippen molar-refractivity contribution >= 4 is 35.4 Å². The maximum atomic E-state index is 14.7. The standard InChI is InChI=1S/C72H138N6O6/c1-7-13-19-25-31-37-43-49-55-73(56-50-44-38-32-26-20-14-8-2)67(79)61-76-64-71(83)78(63-69(81)75(59-53-47-41-35-29-23-17-11-5)60-54-48-42-36-30-24-18-12-6)66-72(84)77(65-70(76)82)62-68(80)74(57-51-45-39-33-27-21-15-9-3)58-52-46-40-34-28-22-16-10-4/h7-66H2,1-6H3. The highest BCUT2D eigenvalue weighted by Crippen LogP contribution is 2.18. The van der Waals surface area contributed by atoms with Crippen LogP contribution in [-0.4, -0.2) is 143 Å². The van der Waals surface area contributed by atoms with E-state index >= 15 is 0 Å². The van der Waals surface area contributed by atoms with Crippen LogP contribution in [0, 0.1) is 0 Å². The lowest BCUT2D eigenvalue weighted by Crippen LogP contribution is -2.50. The Morgan fingerprint density at radius 3 is 0.512 bits per heavy atom. The van der Waals surface area contributed by atoms with Gasteiger partial charge in [0, 0.05) is 39.3 Å². The van der Waals surface area contributed by atoms with Gasteiger partial charge in [-0.15, -0.1) is 0 Å². The van der Waals surface area contributed by atoms with E-state index in [1.54, 1.807) is 0 Å². The van der Waals surface area contributed by atoms with Crippen molar-refractivity contribution in [1.29, 1.82) is 0 Å². The summed E-state index contributed by atoms with van der Waals surface area (Å²) in [5.41, 5.74) is 0. The monoisotopic (exact) mass is 1180 g/mol. The van der Waals surface area contributed by atoms with E-state index in [-0.39, 0.29) is 37.4 Å². The number of rotatable bonds is 60. The van der Waals surface area contributed by atoms with Crippen LogP contribution >= 0.6 is 0 Å². The van der Waals surface area contributed by atoms with Crippen LogP contribution in [0.2, 0.25) is 0 Å². The minimum absolute atomic E-state index is 0.193. The van der Waals surface area contributed by atoms with Crippen LogP contribution < -0.4 is 0 Å². The highest BCUT2D eigenvalue weighted by Gasteiger charge is 2.34. The van der Waals surface area contributed by atoms with Crippen molar-refractivity contribution in [3.05, 3.63) is 0 Å². The van der Waals surface area contributed by atoms with Crippen LogP contribution in [0.5, 0.6) is 0 Å². The van der Waals surface area contributed by atoms with E-state index in [0.717, 1.165) is 116 Å². The largest absolute Gasteiger partial charge is 0.341 e. The van der Waals surface area contributed by atoms with Crippen molar-refractivity contribution in [3.8, 4) is 0 Å². The summed E-state index contributed by atoms with van der Waals surface area (Å²) < 4.78 is 0. The topological polar surface area (TPSA) is 122 Å². The maximum absolute atomic E-state index is 14.7. The van der Waals surface area contributed by atoms with Gasteiger partial charge in [-0.05, 0) is 38.5 Å². The first-order valence-corrected chi connectivity index (χ1v) is 36.7. The van der Waals surface area contributed by atoms with Crippen molar-refractivity contribution < 1.29 is 28.8 Å². The lowest BCUT2D eigenvalue weighted by molar-refractivity contribution is -0.146. The number of nitrogens with zero attached hydrogens (tertiary/aromatic N) is 6. The van der Waals surface area contributed by atoms with Crippen LogP contribution in [0.3, 0.4) is 0 Å². The summed E-state index contributed by atoms with van der Waals surface area (Å²) in [7, 11) is 0. The third-order valence-electron chi connectivity index (χ3n) is 17.8. The molecule has 0 spiro atoms. The Balaban J connectivity index is 3.57. The van der Waals surface area contributed by atoms with Crippen LogP contribution in [-0.2, 0) is 28.8 Å². The van der Waals surface area contributed by atoms with Crippen molar-refractivity contribution in [1.82, 2.24) is 29.4 Å². The van der Waals surface area contributed by atoms with Crippen LogP contribution in [0.25, 0.3) is 0 Å². The normalized spacial score (nSPS) is 13.2. The molecule has 0 aromatic rings. The van der Waals surface area contributed by atoms with Gasteiger partial charge in [0.05, 0.1) is 0 Å². The van der Waals surface area contributed by atoms with E-state index in [4.69, 9.17) is 0 Å². The van der Waals surface area contributed by atoms with Crippen molar-refractivity contribution in [2.75, 3.05) is 78.5 Å². The Hall–Kier alpha value is -3.18. The number of hydrogen-bond acceptors (Lipinski definition) is 6. The second-order valence-electron chi connectivity index (χ2n) is 25.7. The lowest BCUT2D eigenvalue weighted by atomic mass is 10.1. The molecule has 1 rings (SSSR count). The summed E-state index contributed by atoms with van der Waals surface area (Å²) in [4.78, 5) is 97.8. The molecule has 0 radical (unpaired) electrons. The average molecular weight is 1180 g/mol. The molecular formula is C72H138N6O6. The predicted octanol–water partition coefficient (Wildman–Crippen LogP) is 17.8. The summed E-state index contributed by atoms with van der Waals surface area (Å²) in [6.07, 6.45) is 55.4. The molecule has 0 aromatic heterocycles. The van der Waals surface area contributed by atoms with Gasteiger partial charge in [-0.25, -0.2) is 0 Å². The zero-order chi connectivity index (χ0) is 61.4. The zero-order valence-electron chi connectivity index (χ0n) is 56.6. The molecule has 1 fully saturated rings. The Morgan fingerprint density at radius 2 is 0.369 bits per heavy atom. The summed E-state index contributed by atoms with van der Waals surface area (Å²) in [6, 6.07) is 0. The molecule has 0 atom stereocenters. The Kier molecular flexibility index (Phi) is 54.0. The lowest BCUT2D eigenvalue weighted by Gasteiger charge is -2.29. The quantitative estimate of drug-likeness (QED) is 0.0559. The SMILES string of the molecule is CCCCCCCCCCN(CCCCCCCCCC)C(=O)CN1CC(=O)N(CC(=O)N(CCCCCCCCCC)CCCCCCCCCC)CC(=O)N(CC(=O)N(CCCCCCCCCC)CCCCCCCCCC)CC1=O. The fraction of sp³-hybridized carbons (Fsp3) is 0.917. The van der Waals surface area contributed by atoms with E-state index in [1.165, 1.54) is 207 Å². The summed E-state index contributed by atoms with van der Waals surface area (Å²) in [5, 5.41) is 0. The van der Waals surface area contributed by atoms with Gasteiger partial charge < -0.3 is 29.4 Å². The van der Waals surface area contributed by atoms with Crippen molar-refractivity contribution in [3.63, 3.8) is 0 Å². The molecule has 84 heavy (non-hydrogen) atoms. The third-order valence-corrected chi connectivity index (χ3v) is 17.8. The molecule has 0 bridgehead atoms. The van der Waals surface area contributed by atoms with Crippen LogP contribution in [0.4, 0.5) is 0 Å². The fourth-order valence-electron chi connectivity index (χ4n) is 12.0. The number of unbranched alkanes of at least 4 members (excludes halogenated alkanes) is 42. The first kappa shape index (κ1) is 78.8. The number of hydrogen-bond donors (Lipinski definition) is 0. The fourth-order valence-corrected chi connectivity index (χ4v) is 12.0. The Morgan fingerprint density at radius 1 is 0.238 bits per heavy atom. The highest BCUT2D eigenvalue weighted by molar-refractivity contribution is 5.97. The van der Waals surface area contributed by atoms with E-state index < -0.39 is 37.4 Å². The molecule has 0 aromatic carbocycles. The number of carbonyl (C=O) groups is 6. The molecule has 12 heteroatoms. The molecule has 0 aliphatic carbocycles. The molecule has 1 heterocycles. The molecule has 6 amide bonds. The van der Waals surface area contributed by atoms with Crippen LogP contribution in [0.1, 0.15) is 350 Å². The van der Waals surface area contributed by atoms with Gasteiger partial charge in [0.2, 0.25) is 35.4 Å². The van der Waals surface area contributed by atoms with Crippen LogP contribution in [0.15, 0.2) is 0 Å². The predicted molar refractivity (Wildman–Crippen MR) is 355 cm³/mol. The van der Waals surface area contributed by atoms with Gasteiger partial charge in [-0.1, -0.05) is 311 Å². The maximum Gasteiger partial charge on any atom is 0.243 e. The van der Waals surface area contributed by atoms with Gasteiger partial charge in [0.1, 0.15) is 39.3 Å². The molecule has 12 nitrogen and oxygen atoms in total. The second kappa shape index (κ2) is 57.6. The van der Waals surface area contributed by atoms with E-state index in [9.17, 15) is 28.8 Å². The average Bonchev–Trinajstić information content (AvgIpc) is 3.60. The minimum atomic E-state index is -0.520. The highest BCUT2D eigenvalue weighted by atomic mass is 16.2. The Bertz CT molecular complexity index is 1350. The molecule has 0 unspecified atom stereocenters. The van der Waals surface area contributed by atoms with Gasteiger partial charge in [-0.3, -0.25) is 28.8 Å². The molecular weight excluding hydrogens is 1040 g/mol. The van der Waals surface area contributed by atoms with Gasteiger partial charge in [-0.2, -0.15) is 0 Å². The zero-order valence-corrected chi connectivity index (χ0v) is 56.6. The molecule has 1 aliphatic rings. The summed E-state index contributed by atoms with van der Waals surface area (Å²) >= 11 is 0. The Labute approximate surface area is 519 Å². The summed E-state index contributed by atoms with van der Waals surface area (Å²) in [5.74, 6) is -2.14. The minimum Gasteiger partial charge on any atom is -0.341 e. The van der Waals surface area contributed by atoms with E-state index in [2.05, 4.69) is 41.5 Å². The van der Waals surface area contributed by atoms with Crippen molar-refractivity contribution in [2.24, 2.45) is 0 Å². The molecule has 0 saturated carbocycles. The summed E-state index contributed by atoms with van der Waals surface area (Å²) in [6.45, 7) is 14.9.